The summed E-state index contributed by atoms with van der Waals surface area (Å²) in [5, 5.41) is 0. The fourth-order valence-electron chi connectivity index (χ4n) is 3.67. The fraction of sp³-hybridized carbons (Fsp3) is 0.409. The third-order valence-electron chi connectivity index (χ3n) is 5.09. The van der Waals surface area contributed by atoms with E-state index in [2.05, 4.69) is 12.1 Å². The highest BCUT2D eigenvalue weighted by Gasteiger charge is 2.51. The molecule has 4 rings (SSSR count). The van der Waals surface area contributed by atoms with Crippen molar-refractivity contribution in [3.63, 3.8) is 0 Å². The van der Waals surface area contributed by atoms with Crippen molar-refractivity contribution in [1.29, 1.82) is 0 Å². The van der Waals surface area contributed by atoms with E-state index in [9.17, 15) is 4.79 Å². The summed E-state index contributed by atoms with van der Waals surface area (Å²) in [6.45, 7) is 7.53. The summed E-state index contributed by atoms with van der Waals surface area (Å²) in [6, 6.07) is 17.9. The van der Waals surface area contributed by atoms with Crippen LogP contribution in [0.4, 0.5) is 0 Å². The summed E-state index contributed by atoms with van der Waals surface area (Å²) in [5.74, 6) is 0.0622. The van der Waals surface area contributed by atoms with Crippen molar-refractivity contribution < 1.29 is 14.3 Å². The predicted molar refractivity (Wildman–Crippen MR) is 102 cm³/mol. The highest BCUT2D eigenvalue weighted by Crippen LogP contribution is 2.42. The molecule has 0 saturated carbocycles. The molecule has 1 amide bonds. The van der Waals surface area contributed by atoms with Gasteiger partial charge in [0.15, 0.2) is 0 Å². The van der Waals surface area contributed by atoms with E-state index in [0.29, 0.717) is 13.1 Å². The number of hydrogen-bond donors (Lipinski definition) is 0. The number of likely N-dealkylation sites (tertiary alicyclic amines) is 1. The summed E-state index contributed by atoms with van der Waals surface area (Å²) in [7, 11) is 0. The van der Waals surface area contributed by atoms with Gasteiger partial charge in [0.1, 0.15) is 18.5 Å². The Morgan fingerprint density at radius 1 is 1.08 bits per heavy atom. The van der Waals surface area contributed by atoms with Gasteiger partial charge in [-0.05, 0) is 24.6 Å². The molecule has 2 heterocycles. The van der Waals surface area contributed by atoms with Gasteiger partial charge in [0.2, 0.25) is 0 Å². The van der Waals surface area contributed by atoms with Crippen molar-refractivity contribution >= 4 is 5.91 Å². The van der Waals surface area contributed by atoms with Crippen LogP contribution >= 0.6 is 0 Å². The van der Waals surface area contributed by atoms with Crippen molar-refractivity contribution in [2.45, 2.75) is 38.9 Å². The quantitative estimate of drug-likeness (QED) is 0.815. The van der Waals surface area contributed by atoms with Gasteiger partial charge in [0, 0.05) is 18.5 Å². The minimum absolute atomic E-state index is 0.0622. The second-order valence-electron chi connectivity index (χ2n) is 6.54. The van der Waals surface area contributed by atoms with E-state index in [0.717, 1.165) is 23.1 Å². The molecule has 2 saturated heterocycles. The largest absolute Gasteiger partial charge is 0.347 e. The van der Waals surface area contributed by atoms with Crippen LogP contribution in [0.5, 0.6) is 0 Å². The molecule has 26 heavy (non-hydrogen) atoms. The standard InChI is InChI=1S/C20H21NO3.C2H6/c1-15-7-9-16(10-8-15)19(22)21-12-11-20(17-5-3-2-4-6-17)18(13-21)23-14-24-20;1-2/h2-10,18H,11-14H2,1H3;1-2H3. The Balaban J connectivity index is 0.000000948. The number of hydrogen-bond acceptors (Lipinski definition) is 3. The number of amides is 1. The fourth-order valence-corrected chi connectivity index (χ4v) is 3.67. The first kappa shape index (κ1) is 18.6. The third-order valence-corrected chi connectivity index (χ3v) is 5.09. The first-order valence-electron chi connectivity index (χ1n) is 9.36. The molecule has 2 atom stereocenters. The third kappa shape index (κ3) is 3.39. The molecule has 0 radical (unpaired) electrons. The maximum absolute atomic E-state index is 12.8. The lowest BCUT2D eigenvalue weighted by molar-refractivity contribution is -0.0439. The van der Waals surface area contributed by atoms with Crippen molar-refractivity contribution in [2.75, 3.05) is 19.9 Å². The van der Waals surface area contributed by atoms with Gasteiger partial charge in [0.05, 0.1) is 6.54 Å². The average molecular weight is 353 g/mol. The number of carbonyl (C=O) groups is 1. The molecule has 0 bridgehead atoms. The van der Waals surface area contributed by atoms with E-state index in [1.54, 1.807) is 0 Å². The summed E-state index contributed by atoms with van der Waals surface area (Å²) >= 11 is 0. The monoisotopic (exact) mass is 353 g/mol. The molecule has 138 valence electrons. The Labute approximate surface area is 155 Å². The van der Waals surface area contributed by atoms with Gasteiger partial charge in [0.25, 0.3) is 5.91 Å². The van der Waals surface area contributed by atoms with E-state index in [1.165, 1.54) is 0 Å². The van der Waals surface area contributed by atoms with Crippen LogP contribution in [0.2, 0.25) is 0 Å². The Kier molecular flexibility index (Phi) is 5.74. The van der Waals surface area contributed by atoms with Gasteiger partial charge in [-0.25, -0.2) is 0 Å². The van der Waals surface area contributed by atoms with Crippen LogP contribution in [0.15, 0.2) is 54.6 Å². The van der Waals surface area contributed by atoms with Gasteiger partial charge in [-0.3, -0.25) is 4.79 Å². The van der Waals surface area contributed by atoms with Gasteiger partial charge in [-0.1, -0.05) is 61.9 Å². The summed E-state index contributed by atoms with van der Waals surface area (Å²) in [4.78, 5) is 14.7. The molecule has 0 N–H and O–H groups in total. The van der Waals surface area contributed by atoms with Crippen LogP contribution in [0, 0.1) is 6.92 Å². The van der Waals surface area contributed by atoms with Gasteiger partial charge in [-0.15, -0.1) is 0 Å². The first-order valence-corrected chi connectivity index (χ1v) is 9.36. The Hall–Kier alpha value is -2.17. The Morgan fingerprint density at radius 2 is 1.77 bits per heavy atom. The molecular weight excluding hydrogens is 326 g/mol. The lowest BCUT2D eigenvalue weighted by atomic mass is 9.82. The number of ether oxygens (including phenoxy) is 2. The van der Waals surface area contributed by atoms with Crippen molar-refractivity contribution in [3.8, 4) is 0 Å². The number of fused-ring (bicyclic) bond motifs is 1. The zero-order chi connectivity index (χ0) is 18.6. The van der Waals surface area contributed by atoms with Gasteiger partial charge in [-0.2, -0.15) is 0 Å². The molecular formula is C22H27NO3. The molecule has 2 fully saturated rings. The number of aryl methyl sites for hydroxylation is 1. The van der Waals surface area contributed by atoms with Crippen LogP contribution in [0.1, 0.15) is 41.8 Å². The number of carbonyl (C=O) groups excluding carboxylic acids is 1. The molecule has 2 unspecified atom stereocenters. The van der Waals surface area contributed by atoms with Crippen molar-refractivity contribution in [2.24, 2.45) is 0 Å². The molecule has 0 aliphatic carbocycles. The molecule has 4 heteroatoms. The Morgan fingerprint density at radius 3 is 2.46 bits per heavy atom. The molecule has 0 aromatic heterocycles. The van der Waals surface area contributed by atoms with Crippen LogP contribution in [0.3, 0.4) is 0 Å². The van der Waals surface area contributed by atoms with Crippen LogP contribution in [-0.4, -0.2) is 36.8 Å². The zero-order valence-corrected chi connectivity index (χ0v) is 15.8. The molecule has 2 aromatic carbocycles. The number of nitrogens with zero attached hydrogens (tertiary/aromatic N) is 1. The highest BCUT2D eigenvalue weighted by atomic mass is 16.7. The minimum Gasteiger partial charge on any atom is -0.347 e. The highest BCUT2D eigenvalue weighted by molar-refractivity contribution is 5.94. The van der Waals surface area contributed by atoms with Crippen LogP contribution < -0.4 is 0 Å². The molecule has 4 nitrogen and oxygen atoms in total. The summed E-state index contributed by atoms with van der Waals surface area (Å²) in [6.07, 6.45) is 0.627. The van der Waals surface area contributed by atoms with Crippen molar-refractivity contribution in [1.82, 2.24) is 4.90 Å². The topological polar surface area (TPSA) is 38.8 Å². The molecule has 2 aliphatic rings. The maximum Gasteiger partial charge on any atom is 0.253 e. The molecule has 2 aromatic rings. The minimum atomic E-state index is -0.425. The Bertz CT molecular complexity index is 729. The predicted octanol–water partition coefficient (Wildman–Crippen LogP) is 4.14. The molecule has 2 aliphatic heterocycles. The van der Waals surface area contributed by atoms with E-state index >= 15 is 0 Å². The maximum atomic E-state index is 12.8. The lowest BCUT2D eigenvalue weighted by Crippen LogP contribution is -2.53. The average Bonchev–Trinajstić information content (AvgIpc) is 3.14. The van der Waals surface area contributed by atoms with Gasteiger partial charge < -0.3 is 14.4 Å². The van der Waals surface area contributed by atoms with E-state index in [1.807, 2.05) is 68.1 Å². The van der Waals surface area contributed by atoms with Gasteiger partial charge >= 0.3 is 0 Å². The first-order chi connectivity index (χ1) is 12.7. The van der Waals surface area contributed by atoms with Crippen LogP contribution in [-0.2, 0) is 15.1 Å². The summed E-state index contributed by atoms with van der Waals surface area (Å²) < 4.78 is 11.9. The summed E-state index contributed by atoms with van der Waals surface area (Å²) in [5.41, 5.74) is 2.59. The molecule has 0 spiro atoms. The number of piperidine rings is 1. The van der Waals surface area contributed by atoms with Crippen molar-refractivity contribution in [3.05, 3.63) is 71.3 Å². The smallest absolute Gasteiger partial charge is 0.253 e. The second kappa shape index (κ2) is 8.02. The second-order valence-corrected chi connectivity index (χ2v) is 6.54. The SMILES string of the molecule is CC.Cc1ccc(C(=O)N2CCC3(c4ccccc4)OCOC3C2)cc1. The lowest BCUT2D eigenvalue weighted by Gasteiger charge is -2.42. The van der Waals surface area contributed by atoms with Crippen LogP contribution in [0.25, 0.3) is 0 Å². The number of rotatable bonds is 2. The van der Waals surface area contributed by atoms with E-state index in [-0.39, 0.29) is 18.8 Å². The van der Waals surface area contributed by atoms with E-state index < -0.39 is 5.60 Å². The number of benzene rings is 2. The van der Waals surface area contributed by atoms with E-state index in [4.69, 9.17) is 9.47 Å². The zero-order valence-electron chi connectivity index (χ0n) is 15.8. The normalized spacial score (nSPS) is 24.4.